The molecule has 0 atom stereocenters. The summed E-state index contributed by atoms with van der Waals surface area (Å²) >= 11 is 18.1. The Bertz CT molecular complexity index is 652. The number of anilines is 1. The molecule has 2 rings (SSSR count). The van der Waals surface area contributed by atoms with Crippen molar-refractivity contribution in [3.63, 3.8) is 0 Å². The van der Waals surface area contributed by atoms with Crippen molar-refractivity contribution in [3.8, 4) is 0 Å². The molecule has 98 valence electrons. The van der Waals surface area contributed by atoms with Crippen molar-refractivity contribution < 1.29 is 4.79 Å². The van der Waals surface area contributed by atoms with Gasteiger partial charge in [0.15, 0.2) is 0 Å². The first-order valence-corrected chi connectivity index (χ1v) is 7.25. The minimum Gasteiger partial charge on any atom is -0.320 e. The van der Waals surface area contributed by atoms with Crippen molar-refractivity contribution >= 4 is 66.7 Å². The number of hydrogen-bond donors (Lipinski definition) is 1. The van der Waals surface area contributed by atoms with Crippen molar-refractivity contribution in [2.75, 3.05) is 5.32 Å². The quantitative estimate of drug-likeness (QED) is 0.717. The minimum atomic E-state index is -0.380. The summed E-state index contributed by atoms with van der Waals surface area (Å²) in [5, 5.41) is 3.11. The van der Waals surface area contributed by atoms with E-state index in [9.17, 15) is 4.79 Å². The molecule has 1 N–H and O–H groups in total. The molecule has 2 aromatic heterocycles. The fraction of sp³-hybridized carbons (Fsp3) is 0. The largest absolute Gasteiger partial charge is 0.320 e. The number of nitrogens with one attached hydrogen (secondary N) is 1. The molecule has 0 spiro atoms. The number of amides is 1. The van der Waals surface area contributed by atoms with Crippen LogP contribution in [0.2, 0.25) is 10.3 Å². The van der Waals surface area contributed by atoms with Crippen LogP contribution in [0.3, 0.4) is 0 Å². The summed E-state index contributed by atoms with van der Waals surface area (Å²) in [6.45, 7) is 0. The number of rotatable bonds is 2. The molecule has 0 unspecified atom stereocenters. The average Bonchev–Trinajstić information content (AvgIpc) is 2.36. The van der Waals surface area contributed by atoms with Gasteiger partial charge in [-0.3, -0.25) is 4.79 Å². The molecule has 2 heterocycles. The van der Waals surface area contributed by atoms with E-state index < -0.39 is 0 Å². The number of carbonyl (C=O) groups is 1. The van der Waals surface area contributed by atoms with E-state index >= 15 is 0 Å². The van der Waals surface area contributed by atoms with E-state index in [4.69, 9.17) is 23.2 Å². The van der Waals surface area contributed by atoms with Crippen molar-refractivity contribution in [3.05, 3.63) is 49.3 Å². The van der Waals surface area contributed by atoms with Crippen LogP contribution >= 0.6 is 55.1 Å². The molecule has 19 heavy (non-hydrogen) atoms. The van der Waals surface area contributed by atoms with Crippen LogP contribution in [-0.4, -0.2) is 15.9 Å². The highest BCUT2D eigenvalue weighted by Gasteiger charge is 2.13. The monoisotopic (exact) mass is 423 g/mol. The fourth-order valence-corrected chi connectivity index (χ4v) is 2.24. The number of carbonyl (C=O) groups excluding carboxylic acids is 1. The van der Waals surface area contributed by atoms with Gasteiger partial charge in [-0.15, -0.1) is 0 Å². The molecular formula is C11H5Br2Cl2N3O. The molecule has 0 radical (unpaired) electrons. The first-order chi connectivity index (χ1) is 8.97. The van der Waals surface area contributed by atoms with E-state index in [0.717, 1.165) is 0 Å². The SMILES string of the molecule is O=C(Nc1cnc(Cl)c(Br)c1)c1cc(Br)cnc1Cl. The van der Waals surface area contributed by atoms with Crippen LogP contribution < -0.4 is 5.32 Å². The second kappa shape index (κ2) is 6.17. The Hall–Kier alpha value is -0.690. The molecule has 0 aromatic carbocycles. The fourth-order valence-electron chi connectivity index (χ4n) is 1.27. The zero-order valence-corrected chi connectivity index (χ0v) is 13.8. The maximum absolute atomic E-state index is 12.1. The molecule has 0 fully saturated rings. The van der Waals surface area contributed by atoms with E-state index in [0.29, 0.717) is 19.8 Å². The molecule has 4 nitrogen and oxygen atoms in total. The molecule has 2 aromatic rings. The molecule has 0 aliphatic carbocycles. The minimum absolute atomic E-state index is 0.127. The second-order valence-electron chi connectivity index (χ2n) is 3.44. The maximum atomic E-state index is 12.1. The van der Waals surface area contributed by atoms with E-state index in [1.54, 1.807) is 12.1 Å². The van der Waals surface area contributed by atoms with Gasteiger partial charge in [-0.25, -0.2) is 9.97 Å². The summed E-state index contributed by atoms with van der Waals surface area (Å²) in [5.74, 6) is -0.380. The van der Waals surface area contributed by atoms with E-state index in [1.165, 1.54) is 12.4 Å². The number of halogens is 4. The maximum Gasteiger partial charge on any atom is 0.258 e. The predicted molar refractivity (Wildman–Crippen MR) is 81.8 cm³/mol. The molecule has 1 amide bonds. The molecule has 0 saturated heterocycles. The standard InChI is InChI=1S/C11H5Br2Cl2N3O/c12-5-1-7(9(14)16-3-5)11(19)18-6-2-8(13)10(15)17-4-6/h1-4H,(H,18,19). The number of nitrogens with zero attached hydrogens (tertiary/aromatic N) is 2. The summed E-state index contributed by atoms with van der Waals surface area (Å²) in [7, 11) is 0. The van der Waals surface area contributed by atoms with Crippen LogP contribution in [0.1, 0.15) is 10.4 Å². The first kappa shape index (κ1) is 14.7. The highest BCUT2D eigenvalue weighted by molar-refractivity contribution is 9.10. The highest BCUT2D eigenvalue weighted by Crippen LogP contribution is 2.24. The lowest BCUT2D eigenvalue weighted by molar-refractivity contribution is 0.102. The normalized spacial score (nSPS) is 10.3. The van der Waals surface area contributed by atoms with Gasteiger partial charge < -0.3 is 5.32 Å². The lowest BCUT2D eigenvalue weighted by Gasteiger charge is -2.07. The van der Waals surface area contributed by atoms with E-state index in [1.807, 2.05) is 0 Å². The lowest BCUT2D eigenvalue weighted by Crippen LogP contribution is -2.13. The lowest BCUT2D eigenvalue weighted by atomic mass is 10.2. The van der Waals surface area contributed by atoms with Crippen LogP contribution in [0.15, 0.2) is 33.5 Å². The first-order valence-electron chi connectivity index (χ1n) is 4.91. The summed E-state index contributed by atoms with van der Waals surface area (Å²) < 4.78 is 1.25. The number of aromatic nitrogens is 2. The zero-order chi connectivity index (χ0) is 14.0. The van der Waals surface area contributed by atoms with Gasteiger partial charge in [-0.1, -0.05) is 23.2 Å². The second-order valence-corrected chi connectivity index (χ2v) is 5.93. The van der Waals surface area contributed by atoms with Crippen LogP contribution in [0, 0.1) is 0 Å². The number of pyridine rings is 2. The summed E-state index contributed by atoms with van der Waals surface area (Å²) in [6, 6.07) is 3.23. The summed E-state index contributed by atoms with van der Waals surface area (Å²) in [5.41, 5.74) is 0.763. The molecule has 0 saturated carbocycles. The highest BCUT2D eigenvalue weighted by atomic mass is 79.9. The van der Waals surface area contributed by atoms with Crippen LogP contribution in [-0.2, 0) is 0 Å². The van der Waals surface area contributed by atoms with Gasteiger partial charge in [0.1, 0.15) is 10.3 Å². The Labute approximate surface area is 135 Å². The third-order valence-electron chi connectivity index (χ3n) is 2.10. The van der Waals surface area contributed by atoms with Crippen molar-refractivity contribution in [2.45, 2.75) is 0 Å². The molecular weight excluding hydrogens is 421 g/mol. The average molecular weight is 426 g/mol. The van der Waals surface area contributed by atoms with Crippen molar-refractivity contribution in [1.29, 1.82) is 0 Å². The Morgan fingerprint density at radius 1 is 1.11 bits per heavy atom. The topological polar surface area (TPSA) is 54.9 Å². The third kappa shape index (κ3) is 3.66. The van der Waals surface area contributed by atoms with Gasteiger partial charge in [-0.05, 0) is 44.0 Å². The summed E-state index contributed by atoms with van der Waals surface area (Å²) in [6.07, 6.45) is 2.96. The van der Waals surface area contributed by atoms with Crippen molar-refractivity contribution in [1.82, 2.24) is 9.97 Å². The van der Waals surface area contributed by atoms with Gasteiger partial charge in [0, 0.05) is 10.7 Å². The number of hydrogen-bond acceptors (Lipinski definition) is 3. The van der Waals surface area contributed by atoms with Gasteiger partial charge in [0.25, 0.3) is 5.91 Å². The summed E-state index contributed by atoms with van der Waals surface area (Å²) in [4.78, 5) is 19.8. The van der Waals surface area contributed by atoms with Gasteiger partial charge in [0.2, 0.25) is 0 Å². The molecule has 8 heteroatoms. The molecule has 0 aliphatic heterocycles. The van der Waals surface area contributed by atoms with Crippen LogP contribution in [0.25, 0.3) is 0 Å². The van der Waals surface area contributed by atoms with Gasteiger partial charge >= 0.3 is 0 Å². The Kier molecular flexibility index (Phi) is 4.78. The Morgan fingerprint density at radius 3 is 2.47 bits per heavy atom. The molecule has 0 aliphatic rings. The van der Waals surface area contributed by atoms with Crippen molar-refractivity contribution in [2.24, 2.45) is 0 Å². The zero-order valence-electron chi connectivity index (χ0n) is 9.12. The Balaban J connectivity index is 2.25. The van der Waals surface area contributed by atoms with Crippen LogP contribution in [0.4, 0.5) is 5.69 Å². The van der Waals surface area contributed by atoms with Gasteiger partial charge in [0.05, 0.1) is 21.9 Å². The third-order valence-corrected chi connectivity index (χ3v) is 3.97. The molecule has 0 bridgehead atoms. The van der Waals surface area contributed by atoms with E-state index in [-0.39, 0.29) is 16.6 Å². The Morgan fingerprint density at radius 2 is 1.79 bits per heavy atom. The van der Waals surface area contributed by atoms with Crippen LogP contribution in [0.5, 0.6) is 0 Å². The smallest absolute Gasteiger partial charge is 0.258 e. The predicted octanol–water partition coefficient (Wildman–Crippen LogP) is 4.56. The van der Waals surface area contributed by atoms with Gasteiger partial charge in [-0.2, -0.15) is 0 Å². The van der Waals surface area contributed by atoms with E-state index in [2.05, 4.69) is 47.1 Å².